The Kier molecular flexibility index (Phi) is 7.03. The van der Waals surface area contributed by atoms with Gasteiger partial charge in [0.1, 0.15) is 0 Å². The third-order valence-electron chi connectivity index (χ3n) is 2.65. The van der Waals surface area contributed by atoms with Crippen LogP contribution in [0.5, 0.6) is 0 Å². The fraction of sp³-hybridized carbons (Fsp3) is 0.500. The standard InChI is InChI=1S/C12H18IN3O3/c1-15(7-8-19-2)6-5-14-12-4-3-10(16(17)18)9-11(12)13/h3-4,9,14H,5-8H2,1-2H3. The molecule has 0 heterocycles. The third kappa shape index (κ3) is 5.70. The van der Waals surface area contributed by atoms with Crippen LogP contribution >= 0.6 is 22.6 Å². The minimum absolute atomic E-state index is 0.118. The van der Waals surface area contributed by atoms with Crippen molar-refractivity contribution in [2.45, 2.75) is 0 Å². The number of hydrogen-bond donors (Lipinski definition) is 1. The van der Waals surface area contributed by atoms with Crippen molar-refractivity contribution >= 4 is 34.0 Å². The fourth-order valence-electron chi connectivity index (χ4n) is 1.50. The average Bonchev–Trinajstić information content (AvgIpc) is 2.38. The maximum Gasteiger partial charge on any atom is 0.270 e. The highest BCUT2D eigenvalue weighted by Gasteiger charge is 2.08. The molecule has 1 aromatic carbocycles. The Hall–Kier alpha value is -0.930. The summed E-state index contributed by atoms with van der Waals surface area (Å²) in [6.07, 6.45) is 0. The molecular formula is C12H18IN3O3. The van der Waals surface area contributed by atoms with Crippen molar-refractivity contribution in [2.75, 3.05) is 45.7 Å². The van der Waals surface area contributed by atoms with Crippen molar-refractivity contribution in [1.82, 2.24) is 4.90 Å². The number of likely N-dealkylation sites (N-methyl/N-ethyl adjacent to an activating group) is 1. The van der Waals surface area contributed by atoms with Crippen LogP contribution in [-0.2, 0) is 4.74 Å². The zero-order valence-electron chi connectivity index (χ0n) is 11.1. The highest BCUT2D eigenvalue weighted by Crippen LogP contribution is 2.23. The fourth-order valence-corrected chi connectivity index (χ4v) is 2.19. The molecule has 0 atom stereocenters. The number of anilines is 1. The van der Waals surface area contributed by atoms with Gasteiger partial charge in [0.2, 0.25) is 0 Å². The first-order valence-electron chi connectivity index (χ1n) is 5.90. The lowest BCUT2D eigenvalue weighted by Crippen LogP contribution is -2.28. The van der Waals surface area contributed by atoms with E-state index < -0.39 is 0 Å². The van der Waals surface area contributed by atoms with E-state index in [2.05, 4.69) is 32.8 Å². The Bertz CT molecular complexity index is 429. The maximum absolute atomic E-state index is 10.6. The largest absolute Gasteiger partial charge is 0.383 e. The molecule has 106 valence electrons. The highest BCUT2D eigenvalue weighted by atomic mass is 127. The summed E-state index contributed by atoms with van der Waals surface area (Å²) >= 11 is 2.10. The molecule has 0 fully saturated rings. The number of benzene rings is 1. The molecule has 0 aliphatic heterocycles. The normalized spacial score (nSPS) is 10.7. The number of methoxy groups -OCH3 is 1. The second-order valence-electron chi connectivity index (χ2n) is 4.14. The van der Waals surface area contributed by atoms with Crippen LogP contribution in [0.3, 0.4) is 0 Å². The van der Waals surface area contributed by atoms with E-state index in [1.807, 2.05) is 7.05 Å². The van der Waals surface area contributed by atoms with E-state index in [9.17, 15) is 10.1 Å². The van der Waals surface area contributed by atoms with Crippen LogP contribution in [0, 0.1) is 13.7 Å². The number of non-ortho nitro benzene ring substituents is 1. The van der Waals surface area contributed by atoms with Gasteiger partial charge >= 0.3 is 0 Å². The average molecular weight is 379 g/mol. The van der Waals surface area contributed by atoms with E-state index in [1.54, 1.807) is 19.2 Å². The number of hydrogen-bond acceptors (Lipinski definition) is 5. The molecule has 0 bridgehead atoms. The van der Waals surface area contributed by atoms with Gasteiger partial charge in [-0.15, -0.1) is 0 Å². The van der Waals surface area contributed by atoms with Gasteiger partial charge in [0.05, 0.1) is 11.5 Å². The van der Waals surface area contributed by atoms with Crippen LogP contribution in [0.1, 0.15) is 0 Å². The molecule has 0 aromatic heterocycles. The molecule has 0 saturated heterocycles. The van der Waals surface area contributed by atoms with Gasteiger partial charge in [-0.2, -0.15) is 0 Å². The lowest BCUT2D eigenvalue weighted by atomic mass is 10.3. The number of rotatable bonds is 8. The Morgan fingerprint density at radius 2 is 2.21 bits per heavy atom. The zero-order chi connectivity index (χ0) is 14.3. The van der Waals surface area contributed by atoms with E-state index in [-0.39, 0.29) is 10.6 Å². The van der Waals surface area contributed by atoms with E-state index in [4.69, 9.17) is 4.74 Å². The first-order chi connectivity index (χ1) is 9.04. The number of nitrogens with zero attached hydrogens (tertiary/aromatic N) is 2. The van der Waals surface area contributed by atoms with Crippen LogP contribution < -0.4 is 5.32 Å². The van der Waals surface area contributed by atoms with E-state index in [0.717, 1.165) is 28.9 Å². The van der Waals surface area contributed by atoms with Crippen molar-refractivity contribution in [1.29, 1.82) is 0 Å². The number of nitro groups is 1. The molecule has 19 heavy (non-hydrogen) atoms. The van der Waals surface area contributed by atoms with E-state index in [1.165, 1.54) is 6.07 Å². The molecule has 0 spiro atoms. The van der Waals surface area contributed by atoms with Crippen molar-refractivity contribution in [2.24, 2.45) is 0 Å². The van der Waals surface area contributed by atoms with Crippen LogP contribution in [0.4, 0.5) is 11.4 Å². The minimum atomic E-state index is -0.384. The van der Waals surface area contributed by atoms with E-state index >= 15 is 0 Å². The Morgan fingerprint density at radius 1 is 1.47 bits per heavy atom. The third-order valence-corrected chi connectivity index (χ3v) is 3.54. The highest BCUT2D eigenvalue weighted by molar-refractivity contribution is 14.1. The number of nitrogens with one attached hydrogen (secondary N) is 1. The summed E-state index contributed by atoms with van der Waals surface area (Å²) in [7, 11) is 3.72. The molecular weight excluding hydrogens is 361 g/mol. The number of nitro benzene ring substituents is 1. The monoisotopic (exact) mass is 379 g/mol. The van der Waals surface area contributed by atoms with Gasteiger partial charge in [-0.05, 0) is 35.7 Å². The van der Waals surface area contributed by atoms with Crippen molar-refractivity contribution in [3.8, 4) is 0 Å². The van der Waals surface area contributed by atoms with Gasteiger partial charge in [-0.1, -0.05) is 0 Å². The molecule has 0 saturated carbocycles. The summed E-state index contributed by atoms with van der Waals surface area (Å²) in [5.41, 5.74) is 1.04. The Labute approximate surface area is 126 Å². The summed E-state index contributed by atoms with van der Waals surface area (Å²) in [6.45, 7) is 3.27. The van der Waals surface area contributed by atoms with Crippen LogP contribution in [0.25, 0.3) is 0 Å². The zero-order valence-corrected chi connectivity index (χ0v) is 13.2. The lowest BCUT2D eigenvalue weighted by Gasteiger charge is -2.17. The van der Waals surface area contributed by atoms with Gasteiger partial charge in [-0.25, -0.2) is 0 Å². The van der Waals surface area contributed by atoms with Crippen molar-refractivity contribution < 1.29 is 9.66 Å². The predicted molar refractivity (Wildman–Crippen MR) is 83.7 cm³/mol. The van der Waals surface area contributed by atoms with Crippen LogP contribution in [-0.4, -0.2) is 50.2 Å². The van der Waals surface area contributed by atoms with Crippen molar-refractivity contribution in [3.63, 3.8) is 0 Å². The second-order valence-corrected chi connectivity index (χ2v) is 5.31. The van der Waals surface area contributed by atoms with Gasteiger partial charge in [-0.3, -0.25) is 10.1 Å². The molecule has 1 rings (SSSR count). The number of ether oxygens (including phenoxy) is 1. The van der Waals surface area contributed by atoms with Gasteiger partial charge in [0.15, 0.2) is 0 Å². The summed E-state index contributed by atoms with van der Waals surface area (Å²) in [5, 5.41) is 13.9. The first-order valence-corrected chi connectivity index (χ1v) is 6.97. The molecule has 1 aromatic rings. The maximum atomic E-state index is 10.6. The predicted octanol–water partition coefficient (Wildman–Crippen LogP) is 2.19. The first kappa shape index (κ1) is 16.1. The summed E-state index contributed by atoms with van der Waals surface area (Å²) < 4.78 is 5.86. The Balaban J connectivity index is 2.43. The van der Waals surface area contributed by atoms with Crippen LogP contribution in [0.15, 0.2) is 18.2 Å². The Morgan fingerprint density at radius 3 is 2.79 bits per heavy atom. The van der Waals surface area contributed by atoms with E-state index in [0.29, 0.717) is 6.61 Å². The molecule has 0 aliphatic rings. The minimum Gasteiger partial charge on any atom is -0.383 e. The van der Waals surface area contributed by atoms with Crippen molar-refractivity contribution in [3.05, 3.63) is 31.9 Å². The molecule has 0 radical (unpaired) electrons. The molecule has 6 nitrogen and oxygen atoms in total. The molecule has 0 aliphatic carbocycles. The lowest BCUT2D eigenvalue weighted by molar-refractivity contribution is -0.384. The molecule has 0 amide bonds. The molecule has 1 N–H and O–H groups in total. The second kappa shape index (κ2) is 8.28. The topological polar surface area (TPSA) is 67.6 Å². The molecule has 0 unspecified atom stereocenters. The summed E-state index contributed by atoms with van der Waals surface area (Å²) in [5.74, 6) is 0. The van der Waals surface area contributed by atoms with Crippen LogP contribution in [0.2, 0.25) is 0 Å². The molecule has 7 heteroatoms. The quantitative estimate of drug-likeness (QED) is 0.426. The van der Waals surface area contributed by atoms with Gasteiger partial charge in [0.25, 0.3) is 5.69 Å². The number of halogens is 1. The van der Waals surface area contributed by atoms with Gasteiger partial charge < -0.3 is 15.0 Å². The SMILES string of the molecule is COCCN(C)CCNc1ccc([N+](=O)[O-])cc1I. The summed E-state index contributed by atoms with van der Waals surface area (Å²) in [6, 6.07) is 4.83. The smallest absolute Gasteiger partial charge is 0.270 e. The summed E-state index contributed by atoms with van der Waals surface area (Å²) in [4.78, 5) is 12.4. The van der Waals surface area contributed by atoms with Gasteiger partial charge in [0, 0.05) is 48.1 Å².